The summed E-state index contributed by atoms with van der Waals surface area (Å²) in [7, 11) is 0. The molecule has 5 amide bonds. The number of aliphatic hydroxyl groups is 1. The first-order chi connectivity index (χ1) is 20.1. The summed E-state index contributed by atoms with van der Waals surface area (Å²) in [6.45, 7) is 15.6. The van der Waals surface area contributed by atoms with Gasteiger partial charge in [-0.2, -0.15) is 0 Å². The zero-order chi connectivity index (χ0) is 32.5. The third-order valence-electron chi connectivity index (χ3n) is 8.63. The van der Waals surface area contributed by atoms with Crippen molar-refractivity contribution in [1.82, 2.24) is 31.5 Å². The Morgan fingerprint density at radius 1 is 0.930 bits per heavy atom. The van der Waals surface area contributed by atoms with Crippen molar-refractivity contribution in [2.75, 3.05) is 19.7 Å². The number of hydrogen-bond donors (Lipinski definition) is 6. The predicted molar refractivity (Wildman–Crippen MR) is 165 cm³/mol. The van der Waals surface area contributed by atoms with Crippen LogP contribution >= 0.6 is 0 Å². The molecule has 2 heterocycles. The van der Waals surface area contributed by atoms with Crippen LogP contribution in [-0.4, -0.2) is 95.0 Å². The molecule has 0 unspecified atom stereocenters. The molecule has 2 fully saturated rings. The maximum Gasteiger partial charge on any atom is 0.248 e. The van der Waals surface area contributed by atoms with E-state index in [1.54, 1.807) is 13.8 Å². The number of nitrogens with zero attached hydrogens (tertiary/aromatic N) is 1. The van der Waals surface area contributed by atoms with E-state index < -0.39 is 47.4 Å². The van der Waals surface area contributed by atoms with Crippen molar-refractivity contribution in [3.8, 4) is 0 Å². The van der Waals surface area contributed by atoms with Gasteiger partial charge in [-0.25, -0.2) is 0 Å². The first kappa shape index (κ1) is 36.5. The summed E-state index contributed by atoms with van der Waals surface area (Å²) in [5.41, 5.74) is -1.35. The standard InChI is InChI=1S/C31H56N6O6/c1-9-20(6)25(35-26(39)21-12-10-14-32-21)29(42)33-22(16-18(2)3)27(40)36-31(7,8)30(43)37-15-11-13-24(37)28(41)34-23(17-38)19(4)5/h18-25,32,38H,9-17H2,1-8H3,(H,33,42)(H,34,41)(H,35,39)(H,36,40)/t20-,21-,22-,23+,24-,25-/m0/s1. The molecule has 0 radical (unpaired) electrons. The Morgan fingerprint density at radius 2 is 1.60 bits per heavy atom. The van der Waals surface area contributed by atoms with Crippen molar-refractivity contribution in [2.45, 2.75) is 130 Å². The Labute approximate surface area is 257 Å². The van der Waals surface area contributed by atoms with Gasteiger partial charge in [0, 0.05) is 6.54 Å². The Kier molecular flexibility index (Phi) is 13.9. The van der Waals surface area contributed by atoms with Crippen molar-refractivity contribution < 1.29 is 29.1 Å². The van der Waals surface area contributed by atoms with E-state index in [1.165, 1.54) is 4.90 Å². The van der Waals surface area contributed by atoms with E-state index in [1.807, 2.05) is 41.5 Å². The maximum atomic E-state index is 13.7. The van der Waals surface area contributed by atoms with Gasteiger partial charge < -0.3 is 36.6 Å². The van der Waals surface area contributed by atoms with Crippen molar-refractivity contribution in [3.05, 3.63) is 0 Å². The quantitative estimate of drug-likeness (QED) is 0.160. The van der Waals surface area contributed by atoms with Gasteiger partial charge in [-0.15, -0.1) is 0 Å². The van der Waals surface area contributed by atoms with Gasteiger partial charge >= 0.3 is 0 Å². The molecule has 2 saturated heterocycles. The SMILES string of the molecule is CC[C@H](C)[C@H](NC(=O)[C@@H]1CCCN1)C(=O)N[C@@H](CC(C)C)C(=O)NC(C)(C)C(=O)N1CCC[C@H]1C(=O)N[C@H](CO)C(C)C. The van der Waals surface area contributed by atoms with Gasteiger partial charge in [-0.3, -0.25) is 24.0 Å². The molecule has 0 aliphatic carbocycles. The van der Waals surface area contributed by atoms with Crippen LogP contribution in [0.15, 0.2) is 0 Å². The summed E-state index contributed by atoms with van der Waals surface area (Å²) in [5, 5.41) is 24.2. The van der Waals surface area contributed by atoms with Crippen molar-refractivity contribution in [2.24, 2.45) is 17.8 Å². The molecule has 0 aromatic rings. The summed E-state index contributed by atoms with van der Waals surface area (Å²) in [5.74, 6) is -1.97. The van der Waals surface area contributed by atoms with Crippen LogP contribution in [0.3, 0.4) is 0 Å². The van der Waals surface area contributed by atoms with E-state index in [4.69, 9.17) is 0 Å². The van der Waals surface area contributed by atoms with Crippen LogP contribution in [-0.2, 0) is 24.0 Å². The van der Waals surface area contributed by atoms with Crippen molar-refractivity contribution >= 4 is 29.5 Å². The Bertz CT molecular complexity index is 980. The Balaban J connectivity index is 2.15. The summed E-state index contributed by atoms with van der Waals surface area (Å²) in [4.78, 5) is 68.2. The van der Waals surface area contributed by atoms with Crippen LogP contribution in [0, 0.1) is 17.8 Å². The molecule has 0 bridgehead atoms. The van der Waals surface area contributed by atoms with Gasteiger partial charge in [0.2, 0.25) is 29.5 Å². The summed E-state index contributed by atoms with van der Waals surface area (Å²) < 4.78 is 0. The van der Waals surface area contributed by atoms with E-state index in [9.17, 15) is 29.1 Å². The Morgan fingerprint density at radius 3 is 2.14 bits per heavy atom. The second kappa shape index (κ2) is 16.4. The molecule has 0 saturated carbocycles. The highest BCUT2D eigenvalue weighted by atomic mass is 16.3. The molecular weight excluding hydrogens is 552 g/mol. The zero-order valence-corrected chi connectivity index (χ0v) is 27.4. The van der Waals surface area contributed by atoms with Gasteiger partial charge in [0.25, 0.3) is 0 Å². The number of carbonyl (C=O) groups is 5. The van der Waals surface area contributed by atoms with Gasteiger partial charge in [-0.1, -0.05) is 48.0 Å². The molecule has 0 spiro atoms. The minimum absolute atomic E-state index is 0.0240. The lowest BCUT2D eigenvalue weighted by Crippen LogP contribution is -2.63. The van der Waals surface area contributed by atoms with E-state index in [0.29, 0.717) is 38.6 Å². The van der Waals surface area contributed by atoms with Crippen LogP contribution in [0.1, 0.15) is 93.9 Å². The average Bonchev–Trinajstić information content (AvgIpc) is 3.65. The highest BCUT2D eigenvalue weighted by molar-refractivity contribution is 5.97. The normalized spacial score (nSPS) is 21.7. The van der Waals surface area contributed by atoms with Crippen LogP contribution in [0.5, 0.6) is 0 Å². The molecule has 2 aliphatic heterocycles. The smallest absolute Gasteiger partial charge is 0.248 e. The van der Waals surface area contributed by atoms with E-state index >= 15 is 0 Å². The average molecular weight is 609 g/mol. The molecule has 2 aliphatic rings. The molecule has 0 aromatic heterocycles. The monoisotopic (exact) mass is 608 g/mol. The van der Waals surface area contributed by atoms with Gasteiger partial charge in [0.15, 0.2) is 0 Å². The topological polar surface area (TPSA) is 169 Å². The molecular formula is C31H56N6O6. The number of amides is 5. The number of rotatable bonds is 15. The van der Waals surface area contributed by atoms with E-state index in [0.717, 1.165) is 13.0 Å². The minimum Gasteiger partial charge on any atom is -0.394 e. The number of carbonyl (C=O) groups excluding carboxylic acids is 5. The molecule has 6 N–H and O–H groups in total. The van der Waals surface area contributed by atoms with Gasteiger partial charge in [-0.05, 0) is 70.3 Å². The van der Waals surface area contributed by atoms with E-state index in [-0.39, 0.29) is 42.2 Å². The molecule has 6 atom stereocenters. The molecule has 12 heteroatoms. The van der Waals surface area contributed by atoms with Gasteiger partial charge in [0.05, 0.1) is 18.7 Å². The number of likely N-dealkylation sites (tertiary alicyclic amines) is 1. The lowest BCUT2D eigenvalue weighted by atomic mass is 9.95. The first-order valence-electron chi connectivity index (χ1n) is 16.0. The second-order valence-corrected chi connectivity index (χ2v) is 13.5. The maximum absolute atomic E-state index is 13.7. The minimum atomic E-state index is -1.35. The predicted octanol–water partition coefficient (Wildman–Crippen LogP) is 0.819. The second-order valence-electron chi connectivity index (χ2n) is 13.5. The molecule has 0 aromatic carbocycles. The molecule has 12 nitrogen and oxygen atoms in total. The molecule has 2 rings (SSSR count). The summed E-state index contributed by atoms with van der Waals surface area (Å²) in [6, 6.07) is -3.19. The lowest BCUT2D eigenvalue weighted by molar-refractivity contribution is -0.145. The number of aliphatic hydroxyl groups excluding tert-OH is 1. The first-order valence-corrected chi connectivity index (χ1v) is 16.0. The molecule has 43 heavy (non-hydrogen) atoms. The fourth-order valence-electron chi connectivity index (χ4n) is 5.62. The highest BCUT2D eigenvalue weighted by Crippen LogP contribution is 2.23. The highest BCUT2D eigenvalue weighted by Gasteiger charge is 2.43. The van der Waals surface area contributed by atoms with E-state index in [2.05, 4.69) is 26.6 Å². The fourth-order valence-corrected chi connectivity index (χ4v) is 5.62. The van der Waals surface area contributed by atoms with Crippen LogP contribution in [0.2, 0.25) is 0 Å². The fraction of sp³-hybridized carbons (Fsp3) is 0.839. The van der Waals surface area contributed by atoms with Crippen LogP contribution < -0.4 is 26.6 Å². The van der Waals surface area contributed by atoms with Crippen molar-refractivity contribution in [3.63, 3.8) is 0 Å². The summed E-state index contributed by atoms with van der Waals surface area (Å²) in [6.07, 6.45) is 3.72. The van der Waals surface area contributed by atoms with Crippen molar-refractivity contribution in [1.29, 1.82) is 0 Å². The zero-order valence-electron chi connectivity index (χ0n) is 27.4. The lowest BCUT2D eigenvalue weighted by Gasteiger charge is -2.35. The van der Waals surface area contributed by atoms with Crippen LogP contribution in [0.25, 0.3) is 0 Å². The largest absolute Gasteiger partial charge is 0.394 e. The third kappa shape index (κ3) is 10.2. The summed E-state index contributed by atoms with van der Waals surface area (Å²) >= 11 is 0. The third-order valence-corrected chi connectivity index (χ3v) is 8.63. The number of nitrogens with one attached hydrogen (secondary N) is 5. The Hall–Kier alpha value is -2.73. The molecule has 246 valence electrons. The van der Waals surface area contributed by atoms with Crippen LogP contribution in [0.4, 0.5) is 0 Å². The number of hydrogen-bond acceptors (Lipinski definition) is 7. The van der Waals surface area contributed by atoms with Gasteiger partial charge in [0.1, 0.15) is 23.7 Å².